The van der Waals surface area contributed by atoms with Gasteiger partial charge >= 0.3 is 0 Å². The molecule has 0 aliphatic carbocycles. The van der Waals surface area contributed by atoms with Gasteiger partial charge < -0.3 is 15.7 Å². The molecular weight excluding hydrogens is 414 g/mol. The van der Waals surface area contributed by atoms with Crippen molar-refractivity contribution in [2.45, 2.75) is 117 Å². The van der Waals surface area contributed by atoms with Crippen molar-refractivity contribution < 1.29 is 14.7 Å². The Morgan fingerprint density at radius 1 is 0.758 bits per heavy atom. The SMILES string of the molecule is C/C=C/CCCCCC(=O)NCC(C)N(CC(C)O)C(C)CNC(=O)CCCCC/C=C/C. The highest BCUT2D eigenvalue weighted by Gasteiger charge is 2.22. The van der Waals surface area contributed by atoms with Crippen LogP contribution in [0.4, 0.5) is 0 Å². The molecular formula is C27H51N3O3. The molecule has 0 bridgehead atoms. The van der Waals surface area contributed by atoms with Gasteiger partial charge in [0.05, 0.1) is 6.10 Å². The van der Waals surface area contributed by atoms with Crippen LogP contribution in [-0.4, -0.2) is 59.6 Å². The third-order valence-electron chi connectivity index (χ3n) is 5.82. The zero-order valence-electron chi connectivity index (χ0n) is 21.9. The Bertz CT molecular complexity index is 517. The van der Waals surface area contributed by atoms with E-state index in [4.69, 9.17) is 0 Å². The molecule has 2 amide bonds. The second-order valence-corrected chi connectivity index (χ2v) is 9.19. The number of rotatable bonds is 20. The first kappa shape index (κ1) is 31.3. The van der Waals surface area contributed by atoms with E-state index in [9.17, 15) is 14.7 Å². The molecule has 0 rings (SSSR count). The molecule has 0 aromatic rings. The fourth-order valence-electron chi connectivity index (χ4n) is 3.82. The van der Waals surface area contributed by atoms with E-state index >= 15 is 0 Å². The van der Waals surface area contributed by atoms with Crippen molar-refractivity contribution in [3.63, 3.8) is 0 Å². The quantitative estimate of drug-likeness (QED) is 0.179. The van der Waals surface area contributed by atoms with Gasteiger partial charge in [-0.05, 0) is 73.1 Å². The molecule has 192 valence electrons. The van der Waals surface area contributed by atoms with Crippen molar-refractivity contribution in [2.24, 2.45) is 0 Å². The number of amides is 2. The van der Waals surface area contributed by atoms with E-state index in [0.717, 1.165) is 51.4 Å². The van der Waals surface area contributed by atoms with Crippen molar-refractivity contribution in [3.8, 4) is 0 Å². The first-order chi connectivity index (χ1) is 15.8. The van der Waals surface area contributed by atoms with Gasteiger partial charge in [-0.1, -0.05) is 37.1 Å². The predicted molar refractivity (Wildman–Crippen MR) is 139 cm³/mol. The highest BCUT2D eigenvalue weighted by molar-refractivity contribution is 5.76. The summed E-state index contributed by atoms with van der Waals surface area (Å²) in [5, 5.41) is 16.0. The number of carbonyl (C=O) groups excluding carboxylic acids is 2. The third-order valence-corrected chi connectivity index (χ3v) is 5.82. The maximum atomic E-state index is 12.2. The van der Waals surface area contributed by atoms with Gasteiger partial charge in [-0.25, -0.2) is 0 Å². The fraction of sp³-hybridized carbons (Fsp3) is 0.778. The minimum atomic E-state index is -0.476. The van der Waals surface area contributed by atoms with Crippen LogP contribution in [0, 0.1) is 0 Å². The molecule has 0 aromatic heterocycles. The van der Waals surface area contributed by atoms with E-state index < -0.39 is 6.10 Å². The van der Waals surface area contributed by atoms with Crippen molar-refractivity contribution in [1.82, 2.24) is 15.5 Å². The van der Waals surface area contributed by atoms with Gasteiger partial charge in [0.25, 0.3) is 0 Å². The normalized spacial score (nSPS) is 14.6. The Morgan fingerprint density at radius 3 is 1.55 bits per heavy atom. The molecule has 0 heterocycles. The zero-order valence-corrected chi connectivity index (χ0v) is 21.9. The lowest BCUT2D eigenvalue weighted by molar-refractivity contribution is -0.121. The van der Waals surface area contributed by atoms with Gasteiger partial charge in [-0.15, -0.1) is 0 Å². The Morgan fingerprint density at radius 2 is 1.18 bits per heavy atom. The first-order valence-corrected chi connectivity index (χ1v) is 13.0. The maximum Gasteiger partial charge on any atom is 0.220 e. The van der Waals surface area contributed by atoms with Crippen LogP contribution in [0.1, 0.15) is 98.8 Å². The molecule has 6 heteroatoms. The van der Waals surface area contributed by atoms with Crippen LogP contribution in [0.25, 0.3) is 0 Å². The highest BCUT2D eigenvalue weighted by Crippen LogP contribution is 2.09. The molecule has 0 spiro atoms. The van der Waals surface area contributed by atoms with Gasteiger partial charge in [-0.3, -0.25) is 14.5 Å². The second-order valence-electron chi connectivity index (χ2n) is 9.19. The molecule has 0 fully saturated rings. The minimum absolute atomic E-state index is 0.0664. The van der Waals surface area contributed by atoms with Gasteiger partial charge in [0, 0.05) is 44.6 Å². The number of nitrogens with zero attached hydrogens (tertiary/aromatic N) is 1. The molecule has 33 heavy (non-hydrogen) atoms. The van der Waals surface area contributed by atoms with Crippen molar-refractivity contribution in [2.75, 3.05) is 19.6 Å². The van der Waals surface area contributed by atoms with Crippen LogP contribution in [-0.2, 0) is 9.59 Å². The summed E-state index contributed by atoms with van der Waals surface area (Å²) in [4.78, 5) is 26.6. The van der Waals surface area contributed by atoms with Gasteiger partial charge in [0.1, 0.15) is 0 Å². The lowest BCUT2D eigenvalue weighted by Gasteiger charge is -2.35. The molecule has 0 saturated carbocycles. The predicted octanol–water partition coefficient (Wildman–Crippen LogP) is 4.73. The Kier molecular flexibility index (Phi) is 19.9. The Balaban J connectivity index is 4.32. The Hall–Kier alpha value is -1.66. The molecule has 0 aromatic carbocycles. The number of nitrogens with one attached hydrogen (secondary N) is 2. The summed E-state index contributed by atoms with van der Waals surface area (Å²) in [7, 11) is 0. The summed E-state index contributed by atoms with van der Waals surface area (Å²) in [6.45, 7) is 11.5. The van der Waals surface area contributed by atoms with E-state index in [1.165, 1.54) is 0 Å². The molecule has 6 nitrogen and oxygen atoms in total. The first-order valence-electron chi connectivity index (χ1n) is 13.0. The number of allylic oxidation sites excluding steroid dienone is 4. The third kappa shape index (κ3) is 18.5. The van der Waals surface area contributed by atoms with Crippen LogP contribution in [0.3, 0.4) is 0 Å². The summed E-state index contributed by atoms with van der Waals surface area (Å²) < 4.78 is 0. The molecule has 0 radical (unpaired) electrons. The summed E-state index contributed by atoms with van der Waals surface area (Å²) in [5.74, 6) is 0.167. The summed E-state index contributed by atoms with van der Waals surface area (Å²) >= 11 is 0. The smallest absolute Gasteiger partial charge is 0.220 e. The van der Waals surface area contributed by atoms with Crippen LogP contribution >= 0.6 is 0 Å². The van der Waals surface area contributed by atoms with E-state index in [2.05, 4.69) is 53.7 Å². The lowest BCUT2D eigenvalue weighted by atomic mass is 10.1. The van der Waals surface area contributed by atoms with Crippen LogP contribution in [0.2, 0.25) is 0 Å². The van der Waals surface area contributed by atoms with Crippen molar-refractivity contribution in [1.29, 1.82) is 0 Å². The van der Waals surface area contributed by atoms with Crippen LogP contribution in [0.5, 0.6) is 0 Å². The van der Waals surface area contributed by atoms with Gasteiger partial charge in [0.2, 0.25) is 11.8 Å². The van der Waals surface area contributed by atoms with Crippen molar-refractivity contribution >= 4 is 11.8 Å². The minimum Gasteiger partial charge on any atom is -0.392 e. The molecule has 0 aliphatic heterocycles. The number of unbranched alkanes of at least 4 members (excludes halogenated alkanes) is 6. The number of hydrogen-bond donors (Lipinski definition) is 3. The largest absolute Gasteiger partial charge is 0.392 e. The fourth-order valence-corrected chi connectivity index (χ4v) is 3.82. The summed E-state index contributed by atoms with van der Waals surface area (Å²) in [5.41, 5.74) is 0. The second kappa shape index (κ2) is 20.9. The number of aliphatic hydroxyl groups excluding tert-OH is 1. The molecule has 0 saturated heterocycles. The number of aliphatic hydroxyl groups is 1. The summed E-state index contributed by atoms with van der Waals surface area (Å²) in [6, 6.07) is 0.133. The topological polar surface area (TPSA) is 81.7 Å². The average Bonchev–Trinajstić information content (AvgIpc) is 2.78. The lowest BCUT2D eigenvalue weighted by Crippen LogP contribution is -2.52. The molecule has 3 N–H and O–H groups in total. The molecule has 3 unspecified atom stereocenters. The van der Waals surface area contributed by atoms with E-state index in [-0.39, 0.29) is 23.9 Å². The summed E-state index contributed by atoms with van der Waals surface area (Å²) in [6.07, 6.45) is 17.4. The van der Waals surface area contributed by atoms with E-state index in [1.807, 2.05) is 13.8 Å². The van der Waals surface area contributed by atoms with E-state index in [0.29, 0.717) is 32.5 Å². The standard InChI is InChI=1S/C27H51N3O3/c1-6-8-10-12-14-16-18-26(32)28-20-23(3)30(22-25(5)31)24(4)21-29-27(33)19-17-15-13-11-9-7-2/h6-9,23-25,31H,10-22H2,1-5H3,(H,28,32)(H,29,33)/b8-6+,9-7+. The molecule has 0 aliphatic rings. The van der Waals surface area contributed by atoms with E-state index in [1.54, 1.807) is 6.92 Å². The highest BCUT2D eigenvalue weighted by atomic mass is 16.3. The van der Waals surface area contributed by atoms with Crippen LogP contribution < -0.4 is 10.6 Å². The average molecular weight is 466 g/mol. The van der Waals surface area contributed by atoms with Crippen molar-refractivity contribution in [3.05, 3.63) is 24.3 Å². The van der Waals surface area contributed by atoms with Gasteiger partial charge in [-0.2, -0.15) is 0 Å². The number of carbonyl (C=O) groups is 2. The zero-order chi connectivity index (χ0) is 24.9. The maximum absolute atomic E-state index is 12.2. The number of hydrogen-bond acceptors (Lipinski definition) is 4. The van der Waals surface area contributed by atoms with Crippen LogP contribution in [0.15, 0.2) is 24.3 Å². The van der Waals surface area contributed by atoms with Gasteiger partial charge in [0.15, 0.2) is 0 Å². The monoisotopic (exact) mass is 465 g/mol. The molecule has 3 atom stereocenters. The Labute approximate surface area is 203 Å².